The molecule has 4 heterocycles. The molecule has 3 aromatic rings. The SMILES string of the molecule is Cc1ccc(N2C(=O)CC[C@H](c3nc([C@H]4CCOC4)no3)[C@@H]2c2cccs2)cc1. The van der Waals surface area contributed by atoms with Gasteiger partial charge in [0.2, 0.25) is 11.8 Å². The fraction of sp³-hybridized carbons (Fsp3) is 0.409. The Kier molecular flexibility index (Phi) is 4.93. The molecule has 150 valence electrons. The van der Waals surface area contributed by atoms with Crippen LogP contribution < -0.4 is 4.90 Å². The van der Waals surface area contributed by atoms with Crippen LogP contribution in [0.1, 0.15) is 59.3 Å². The van der Waals surface area contributed by atoms with Crippen LogP contribution in [0.25, 0.3) is 0 Å². The Balaban J connectivity index is 1.54. The van der Waals surface area contributed by atoms with E-state index in [4.69, 9.17) is 14.2 Å². The maximum Gasteiger partial charge on any atom is 0.232 e. The molecule has 0 bridgehead atoms. The number of benzene rings is 1. The second-order valence-corrected chi connectivity index (χ2v) is 8.74. The summed E-state index contributed by atoms with van der Waals surface area (Å²) < 4.78 is 11.2. The first kappa shape index (κ1) is 18.5. The van der Waals surface area contributed by atoms with Crippen LogP contribution in [0.3, 0.4) is 0 Å². The zero-order valence-corrected chi connectivity index (χ0v) is 17.1. The monoisotopic (exact) mass is 409 g/mol. The highest BCUT2D eigenvalue weighted by molar-refractivity contribution is 7.10. The van der Waals surface area contributed by atoms with Crippen molar-refractivity contribution in [3.63, 3.8) is 0 Å². The maximum atomic E-state index is 13.0. The highest BCUT2D eigenvalue weighted by atomic mass is 32.1. The van der Waals surface area contributed by atoms with E-state index < -0.39 is 0 Å². The number of hydrogen-bond donors (Lipinski definition) is 0. The molecular weight excluding hydrogens is 386 g/mol. The standard InChI is InChI=1S/C22H23N3O3S/c1-14-4-6-16(7-5-14)25-19(26)9-8-17(20(25)18-3-2-12-29-18)22-23-21(24-28-22)15-10-11-27-13-15/h2-7,12,15,17,20H,8-11,13H2,1H3/t15-,17-,20+/m0/s1. The average molecular weight is 410 g/mol. The quantitative estimate of drug-likeness (QED) is 0.630. The first-order valence-electron chi connectivity index (χ1n) is 10.0. The Morgan fingerprint density at radius 3 is 2.76 bits per heavy atom. The van der Waals surface area contributed by atoms with Gasteiger partial charge in [0.05, 0.1) is 18.6 Å². The number of hydrogen-bond acceptors (Lipinski definition) is 6. The number of anilines is 1. The number of piperidine rings is 1. The first-order chi connectivity index (χ1) is 14.2. The minimum absolute atomic E-state index is 0.0313. The van der Waals surface area contributed by atoms with E-state index in [0.29, 0.717) is 25.3 Å². The van der Waals surface area contributed by atoms with Gasteiger partial charge in [0.15, 0.2) is 5.82 Å². The smallest absolute Gasteiger partial charge is 0.232 e. The lowest BCUT2D eigenvalue weighted by Gasteiger charge is -2.39. The molecule has 2 fully saturated rings. The fourth-order valence-corrected chi connectivity index (χ4v) is 5.13. The Morgan fingerprint density at radius 2 is 2.03 bits per heavy atom. The second-order valence-electron chi connectivity index (χ2n) is 7.76. The summed E-state index contributed by atoms with van der Waals surface area (Å²) in [5.74, 6) is 1.64. The normalized spacial score (nSPS) is 24.9. The third kappa shape index (κ3) is 3.49. The Hall–Kier alpha value is -2.51. The molecule has 29 heavy (non-hydrogen) atoms. The number of ether oxygens (including phenoxy) is 1. The number of aromatic nitrogens is 2. The topological polar surface area (TPSA) is 68.5 Å². The molecule has 0 N–H and O–H groups in total. The van der Waals surface area contributed by atoms with Crippen molar-refractivity contribution in [3.05, 3.63) is 63.9 Å². The van der Waals surface area contributed by atoms with E-state index in [0.717, 1.165) is 29.4 Å². The first-order valence-corrected chi connectivity index (χ1v) is 10.9. The minimum Gasteiger partial charge on any atom is -0.381 e. The molecule has 1 aromatic carbocycles. The van der Waals surface area contributed by atoms with Crippen LogP contribution in [0.5, 0.6) is 0 Å². The van der Waals surface area contributed by atoms with Crippen molar-refractivity contribution >= 4 is 22.9 Å². The number of carbonyl (C=O) groups is 1. The van der Waals surface area contributed by atoms with Gasteiger partial charge in [-0.25, -0.2) is 0 Å². The highest BCUT2D eigenvalue weighted by Gasteiger charge is 2.42. The predicted molar refractivity (Wildman–Crippen MR) is 110 cm³/mol. The fourth-order valence-electron chi connectivity index (χ4n) is 4.25. The number of amides is 1. The Bertz CT molecular complexity index is 977. The van der Waals surface area contributed by atoms with Crippen LogP contribution in [0.15, 0.2) is 46.3 Å². The molecule has 0 radical (unpaired) electrons. The zero-order chi connectivity index (χ0) is 19.8. The molecule has 5 rings (SSSR count). The van der Waals surface area contributed by atoms with Gasteiger partial charge in [0.25, 0.3) is 0 Å². The number of carbonyl (C=O) groups excluding carboxylic acids is 1. The molecule has 7 heteroatoms. The second kappa shape index (κ2) is 7.72. The number of nitrogens with zero attached hydrogens (tertiary/aromatic N) is 3. The van der Waals surface area contributed by atoms with E-state index in [1.165, 1.54) is 5.56 Å². The van der Waals surface area contributed by atoms with E-state index >= 15 is 0 Å². The molecule has 0 unspecified atom stereocenters. The third-order valence-corrected chi connectivity index (χ3v) is 6.76. The van der Waals surface area contributed by atoms with Gasteiger partial charge in [-0.05, 0) is 43.3 Å². The van der Waals surface area contributed by atoms with E-state index in [1.807, 2.05) is 47.5 Å². The summed E-state index contributed by atoms with van der Waals surface area (Å²) in [5.41, 5.74) is 2.08. The summed E-state index contributed by atoms with van der Waals surface area (Å²) in [5, 5.41) is 6.30. The molecule has 3 atom stereocenters. The van der Waals surface area contributed by atoms with Gasteiger partial charge in [-0.15, -0.1) is 11.3 Å². The summed E-state index contributed by atoms with van der Waals surface area (Å²) >= 11 is 1.66. The maximum absolute atomic E-state index is 13.0. The van der Waals surface area contributed by atoms with E-state index in [9.17, 15) is 4.79 Å². The van der Waals surface area contributed by atoms with Gasteiger partial charge in [-0.1, -0.05) is 28.9 Å². The third-order valence-electron chi connectivity index (χ3n) is 5.81. The van der Waals surface area contributed by atoms with E-state index in [2.05, 4.69) is 11.2 Å². The summed E-state index contributed by atoms with van der Waals surface area (Å²) in [6.45, 7) is 3.44. The summed E-state index contributed by atoms with van der Waals surface area (Å²) in [6.07, 6.45) is 2.09. The minimum atomic E-state index is -0.146. The number of thiophene rings is 1. The molecule has 6 nitrogen and oxygen atoms in total. The molecule has 2 saturated heterocycles. The number of rotatable bonds is 4. The molecular formula is C22H23N3O3S. The summed E-state index contributed by atoms with van der Waals surface area (Å²) in [4.78, 5) is 20.8. The zero-order valence-electron chi connectivity index (χ0n) is 16.3. The van der Waals surface area contributed by atoms with Crippen molar-refractivity contribution < 1.29 is 14.1 Å². The van der Waals surface area contributed by atoms with Crippen LogP contribution in [-0.4, -0.2) is 29.3 Å². The lowest BCUT2D eigenvalue weighted by atomic mass is 9.87. The molecule has 2 aromatic heterocycles. The predicted octanol–water partition coefficient (Wildman–Crippen LogP) is 4.60. The van der Waals surface area contributed by atoms with Crippen molar-refractivity contribution in [2.45, 2.75) is 44.1 Å². The van der Waals surface area contributed by atoms with Crippen molar-refractivity contribution in [1.82, 2.24) is 10.1 Å². The van der Waals surface area contributed by atoms with Crippen molar-refractivity contribution in [2.24, 2.45) is 0 Å². The van der Waals surface area contributed by atoms with Gasteiger partial charge < -0.3 is 14.2 Å². The lowest BCUT2D eigenvalue weighted by Crippen LogP contribution is -2.42. The largest absolute Gasteiger partial charge is 0.381 e. The summed E-state index contributed by atoms with van der Waals surface area (Å²) in [6, 6.07) is 12.1. The molecule has 2 aliphatic rings. The van der Waals surface area contributed by atoms with E-state index in [-0.39, 0.29) is 23.8 Å². The van der Waals surface area contributed by atoms with Crippen LogP contribution in [0.2, 0.25) is 0 Å². The van der Waals surface area contributed by atoms with E-state index in [1.54, 1.807) is 11.3 Å². The van der Waals surface area contributed by atoms with Gasteiger partial charge >= 0.3 is 0 Å². The Labute approximate surface area is 173 Å². The van der Waals surface area contributed by atoms with Crippen LogP contribution in [-0.2, 0) is 9.53 Å². The van der Waals surface area contributed by atoms with Gasteiger partial charge in [-0.3, -0.25) is 4.79 Å². The van der Waals surface area contributed by atoms with Gasteiger partial charge in [-0.2, -0.15) is 4.98 Å². The van der Waals surface area contributed by atoms with Crippen LogP contribution in [0.4, 0.5) is 5.69 Å². The highest BCUT2D eigenvalue weighted by Crippen LogP contribution is 2.46. The molecule has 0 saturated carbocycles. The Morgan fingerprint density at radius 1 is 1.17 bits per heavy atom. The molecule has 0 spiro atoms. The van der Waals surface area contributed by atoms with Crippen LogP contribution >= 0.6 is 11.3 Å². The van der Waals surface area contributed by atoms with Crippen molar-refractivity contribution in [2.75, 3.05) is 18.1 Å². The van der Waals surface area contributed by atoms with Crippen LogP contribution in [0, 0.1) is 6.92 Å². The molecule has 2 aliphatic heterocycles. The van der Waals surface area contributed by atoms with Crippen molar-refractivity contribution in [3.8, 4) is 0 Å². The molecule has 1 amide bonds. The van der Waals surface area contributed by atoms with Gasteiger partial charge in [0, 0.05) is 29.5 Å². The lowest BCUT2D eigenvalue weighted by molar-refractivity contribution is -0.120. The molecule has 0 aliphatic carbocycles. The van der Waals surface area contributed by atoms with Crippen molar-refractivity contribution in [1.29, 1.82) is 0 Å². The number of aryl methyl sites for hydroxylation is 1. The summed E-state index contributed by atoms with van der Waals surface area (Å²) in [7, 11) is 0. The van der Waals surface area contributed by atoms with Gasteiger partial charge in [0.1, 0.15) is 0 Å². The average Bonchev–Trinajstić information content (AvgIpc) is 3.50.